The van der Waals surface area contributed by atoms with Crippen LogP contribution in [0.3, 0.4) is 0 Å². The van der Waals surface area contributed by atoms with Crippen molar-refractivity contribution in [2.45, 2.75) is 13.8 Å². The maximum atomic E-state index is 12.0. The molecular weight excluding hydrogens is 266 g/mol. The Balaban J connectivity index is 1.88. The van der Waals surface area contributed by atoms with Gasteiger partial charge >= 0.3 is 5.97 Å². The van der Waals surface area contributed by atoms with Gasteiger partial charge in [-0.15, -0.1) is 0 Å². The van der Waals surface area contributed by atoms with Gasteiger partial charge in [0.2, 0.25) is 0 Å². The molecule has 110 valence electrons. The number of carbonyl (C=O) groups is 1. The first-order valence-corrected chi connectivity index (χ1v) is 6.79. The number of para-hydroxylation sites is 1. The number of rotatable bonds is 5. The van der Waals surface area contributed by atoms with E-state index in [2.05, 4.69) is 0 Å². The van der Waals surface area contributed by atoms with Crippen LogP contribution in [-0.2, 0) is 4.74 Å². The summed E-state index contributed by atoms with van der Waals surface area (Å²) in [4.78, 5) is 12.0. The van der Waals surface area contributed by atoms with Crippen molar-refractivity contribution in [2.24, 2.45) is 0 Å². The number of carbonyl (C=O) groups excluding carboxylic acids is 1. The number of nitrogen functional groups attached to an aromatic ring is 1. The molecule has 0 saturated heterocycles. The summed E-state index contributed by atoms with van der Waals surface area (Å²) in [5.41, 5.74) is 8.69. The third-order valence-corrected chi connectivity index (χ3v) is 3.24. The van der Waals surface area contributed by atoms with Crippen LogP contribution in [0, 0.1) is 13.8 Å². The van der Waals surface area contributed by atoms with Crippen LogP contribution in [0.2, 0.25) is 0 Å². The van der Waals surface area contributed by atoms with Gasteiger partial charge in [-0.1, -0.05) is 18.2 Å². The summed E-state index contributed by atoms with van der Waals surface area (Å²) in [6, 6.07) is 12.9. The van der Waals surface area contributed by atoms with Crippen molar-refractivity contribution in [2.75, 3.05) is 18.9 Å². The second-order valence-corrected chi connectivity index (χ2v) is 4.81. The zero-order valence-electron chi connectivity index (χ0n) is 12.3. The highest BCUT2D eigenvalue weighted by molar-refractivity contribution is 5.92. The molecule has 0 amide bonds. The molecule has 0 aromatic heterocycles. The Labute approximate surface area is 124 Å². The number of anilines is 1. The normalized spacial score (nSPS) is 10.2. The predicted octanol–water partition coefficient (Wildman–Crippen LogP) is 3.12. The van der Waals surface area contributed by atoms with Crippen LogP contribution in [-0.4, -0.2) is 19.2 Å². The molecule has 0 saturated carbocycles. The molecule has 0 heterocycles. The third kappa shape index (κ3) is 3.99. The van der Waals surface area contributed by atoms with E-state index in [1.165, 1.54) is 0 Å². The van der Waals surface area contributed by atoms with Crippen molar-refractivity contribution in [3.05, 3.63) is 59.2 Å². The number of ether oxygens (including phenoxy) is 2. The molecule has 0 atom stereocenters. The summed E-state index contributed by atoms with van der Waals surface area (Å²) in [5.74, 6) is 0.379. The standard InChI is InChI=1S/C17H19NO3/c1-12-10-14(18)11-16(13(12)2)17(19)21-9-8-20-15-6-4-3-5-7-15/h3-7,10-11H,8-9,18H2,1-2H3. The van der Waals surface area contributed by atoms with Gasteiger partial charge in [-0.3, -0.25) is 0 Å². The van der Waals surface area contributed by atoms with Crippen molar-refractivity contribution >= 4 is 11.7 Å². The van der Waals surface area contributed by atoms with Gasteiger partial charge in [0.1, 0.15) is 19.0 Å². The summed E-state index contributed by atoms with van der Waals surface area (Å²) >= 11 is 0. The molecule has 0 radical (unpaired) electrons. The summed E-state index contributed by atoms with van der Waals surface area (Å²) < 4.78 is 10.7. The van der Waals surface area contributed by atoms with Gasteiger partial charge in [0.15, 0.2) is 0 Å². The molecule has 2 aromatic rings. The van der Waals surface area contributed by atoms with Crippen LogP contribution in [0.4, 0.5) is 5.69 Å². The molecule has 2 rings (SSSR count). The van der Waals surface area contributed by atoms with Crippen LogP contribution >= 0.6 is 0 Å². The van der Waals surface area contributed by atoms with E-state index in [-0.39, 0.29) is 12.6 Å². The van der Waals surface area contributed by atoms with Gasteiger partial charge < -0.3 is 15.2 Å². The molecule has 0 aliphatic carbocycles. The van der Waals surface area contributed by atoms with Gasteiger partial charge in [0.05, 0.1) is 5.56 Å². The van der Waals surface area contributed by atoms with E-state index in [9.17, 15) is 4.79 Å². The summed E-state index contributed by atoms with van der Waals surface area (Å²) in [6.07, 6.45) is 0. The monoisotopic (exact) mass is 285 g/mol. The third-order valence-electron chi connectivity index (χ3n) is 3.24. The lowest BCUT2D eigenvalue weighted by Crippen LogP contribution is -2.14. The van der Waals surface area contributed by atoms with Gasteiger partial charge in [-0.2, -0.15) is 0 Å². The van der Waals surface area contributed by atoms with Crippen molar-refractivity contribution in [1.29, 1.82) is 0 Å². The number of esters is 1. The Morgan fingerprint density at radius 2 is 1.81 bits per heavy atom. The van der Waals surface area contributed by atoms with Crippen molar-refractivity contribution < 1.29 is 14.3 Å². The van der Waals surface area contributed by atoms with E-state index in [1.54, 1.807) is 6.07 Å². The number of hydrogen-bond donors (Lipinski definition) is 1. The Kier molecular flexibility index (Phi) is 4.82. The van der Waals surface area contributed by atoms with E-state index in [1.807, 2.05) is 50.2 Å². The van der Waals surface area contributed by atoms with Gasteiger partial charge in [0, 0.05) is 5.69 Å². The minimum Gasteiger partial charge on any atom is -0.490 e. The number of hydrogen-bond acceptors (Lipinski definition) is 4. The molecule has 2 N–H and O–H groups in total. The fraction of sp³-hybridized carbons (Fsp3) is 0.235. The Morgan fingerprint density at radius 3 is 2.52 bits per heavy atom. The Hall–Kier alpha value is -2.49. The van der Waals surface area contributed by atoms with E-state index in [4.69, 9.17) is 15.2 Å². The molecule has 0 aliphatic rings. The number of nitrogens with two attached hydrogens (primary N) is 1. The van der Waals surface area contributed by atoms with Crippen LogP contribution in [0.5, 0.6) is 5.75 Å². The summed E-state index contributed by atoms with van der Waals surface area (Å²) in [5, 5.41) is 0. The SMILES string of the molecule is Cc1cc(N)cc(C(=O)OCCOc2ccccc2)c1C. The second-order valence-electron chi connectivity index (χ2n) is 4.81. The molecule has 4 heteroatoms. The topological polar surface area (TPSA) is 61.6 Å². The van der Waals surface area contributed by atoms with Gasteiger partial charge in [-0.25, -0.2) is 4.79 Å². The van der Waals surface area contributed by atoms with Gasteiger partial charge in [-0.05, 0) is 49.2 Å². The number of aryl methyl sites for hydroxylation is 1. The predicted molar refractivity (Wildman–Crippen MR) is 82.5 cm³/mol. The molecule has 2 aromatic carbocycles. The molecule has 0 fully saturated rings. The highest BCUT2D eigenvalue weighted by Crippen LogP contribution is 2.18. The quantitative estimate of drug-likeness (QED) is 0.521. The number of benzene rings is 2. The van der Waals surface area contributed by atoms with E-state index in [0.29, 0.717) is 17.9 Å². The second kappa shape index (κ2) is 6.79. The Bertz CT molecular complexity index is 623. The fourth-order valence-corrected chi connectivity index (χ4v) is 1.99. The van der Waals surface area contributed by atoms with Crippen molar-refractivity contribution in [3.63, 3.8) is 0 Å². The fourth-order valence-electron chi connectivity index (χ4n) is 1.99. The van der Waals surface area contributed by atoms with Crippen molar-refractivity contribution in [1.82, 2.24) is 0 Å². The zero-order valence-corrected chi connectivity index (χ0v) is 12.3. The highest BCUT2D eigenvalue weighted by atomic mass is 16.6. The zero-order chi connectivity index (χ0) is 15.2. The van der Waals surface area contributed by atoms with Crippen LogP contribution in [0.25, 0.3) is 0 Å². The first kappa shape index (κ1) is 14.9. The largest absolute Gasteiger partial charge is 0.490 e. The maximum Gasteiger partial charge on any atom is 0.338 e. The highest BCUT2D eigenvalue weighted by Gasteiger charge is 2.13. The minimum atomic E-state index is -0.375. The lowest BCUT2D eigenvalue weighted by molar-refractivity contribution is 0.0449. The maximum absolute atomic E-state index is 12.0. The van der Waals surface area contributed by atoms with E-state index < -0.39 is 0 Å². The lowest BCUT2D eigenvalue weighted by Gasteiger charge is -2.11. The molecule has 0 spiro atoms. The van der Waals surface area contributed by atoms with Crippen LogP contribution < -0.4 is 10.5 Å². The van der Waals surface area contributed by atoms with Crippen molar-refractivity contribution in [3.8, 4) is 5.75 Å². The molecule has 21 heavy (non-hydrogen) atoms. The smallest absolute Gasteiger partial charge is 0.338 e. The molecule has 0 unspecified atom stereocenters. The van der Waals surface area contributed by atoms with Crippen LogP contribution in [0.1, 0.15) is 21.5 Å². The van der Waals surface area contributed by atoms with E-state index >= 15 is 0 Å². The lowest BCUT2D eigenvalue weighted by atomic mass is 10.0. The average Bonchev–Trinajstić information content (AvgIpc) is 2.48. The first-order valence-electron chi connectivity index (χ1n) is 6.79. The molecule has 0 bridgehead atoms. The molecule has 4 nitrogen and oxygen atoms in total. The van der Waals surface area contributed by atoms with Crippen LogP contribution in [0.15, 0.2) is 42.5 Å². The van der Waals surface area contributed by atoms with E-state index in [0.717, 1.165) is 16.9 Å². The minimum absolute atomic E-state index is 0.195. The Morgan fingerprint density at radius 1 is 1.10 bits per heavy atom. The average molecular weight is 285 g/mol. The van der Waals surface area contributed by atoms with Gasteiger partial charge in [0.25, 0.3) is 0 Å². The summed E-state index contributed by atoms with van der Waals surface area (Å²) in [6.45, 7) is 4.31. The molecule has 0 aliphatic heterocycles. The molecular formula is C17H19NO3. The first-order chi connectivity index (χ1) is 10.1. The summed E-state index contributed by atoms with van der Waals surface area (Å²) in [7, 11) is 0.